The van der Waals surface area contributed by atoms with Crippen LogP contribution in [0.2, 0.25) is 0 Å². The van der Waals surface area contributed by atoms with Crippen molar-refractivity contribution >= 4 is 5.91 Å². The van der Waals surface area contributed by atoms with E-state index in [0.29, 0.717) is 16.7 Å². The third-order valence-electron chi connectivity index (χ3n) is 14.0. The molecule has 276 valence electrons. The summed E-state index contributed by atoms with van der Waals surface area (Å²) in [6, 6.07) is 23.4. The predicted molar refractivity (Wildman–Crippen MR) is 178 cm³/mol. The summed E-state index contributed by atoms with van der Waals surface area (Å²) in [4.78, 5) is 17.6. The summed E-state index contributed by atoms with van der Waals surface area (Å²) in [6.45, 7) is 7.41. The number of alkyl halides is 9. The summed E-state index contributed by atoms with van der Waals surface area (Å²) in [5, 5.41) is 0. The van der Waals surface area contributed by atoms with Crippen molar-refractivity contribution in [3.63, 3.8) is 0 Å². The van der Waals surface area contributed by atoms with Crippen molar-refractivity contribution in [1.29, 1.82) is 0 Å². The van der Waals surface area contributed by atoms with E-state index in [-0.39, 0.29) is 35.7 Å². The highest BCUT2D eigenvalue weighted by Crippen LogP contribution is 3.21. The zero-order valence-electron chi connectivity index (χ0n) is 29.0. The molecule has 0 aliphatic heterocycles. The monoisotopic (exact) mass is 739 g/mol. The zero-order chi connectivity index (χ0) is 38.1. The quantitative estimate of drug-likeness (QED) is 0.173. The van der Waals surface area contributed by atoms with Gasteiger partial charge in [-0.3, -0.25) is 4.79 Å². The van der Waals surface area contributed by atoms with Crippen molar-refractivity contribution in [2.75, 3.05) is 0 Å². The molecule has 10 rings (SSSR count). The van der Waals surface area contributed by atoms with Gasteiger partial charge in [0.15, 0.2) is 0 Å². The van der Waals surface area contributed by atoms with E-state index in [4.69, 9.17) is 0 Å². The molecule has 0 saturated heterocycles. The molecular weight excluding hydrogens is 705 g/mol. The summed E-state index contributed by atoms with van der Waals surface area (Å²) in [6.07, 6.45) is -13.9. The lowest BCUT2D eigenvalue weighted by molar-refractivity contribution is -0.655. The Hall–Kier alpha value is -4.28. The molecule has 1 amide bonds. The largest absolute Gasteiger partial charge is 0.416 e. The SMILES string of the molecule is CC(C)N(C(=O)C12C3(c4ccc(C(F)(F)F)cc4)C4C5(c6ccccc6)C3C1(c1ccc(C(F)(F)F)cc1)C5C42c1ccc(C(F)(F)F)cc1)C(C)C. The second kappa shape index (κ2) is 9.87. The van der Waals surface area contributed by atoms with E-state index in [9.17, 15) is 39.5 Å². The number of hydrogen-bond donors (Lipinski definition) is 0. The lowest BCUT2D eigenvalue weighted by Crippen LogP contribution is -3.28. The van der Waals surface area contributed by atoms with Gasteiger partial charge in [0.1, 0.15) is 0 Å². The molecule has 6 aliphatic rings. The molecule has 6 saturated carbocycles. The maximum absolute atomic E-state index is 15.9. The van der Waals surface area contributed by atoms with Gasteiger partial charge in [-0.15, -0.1) is 0 Å². The first-order valence-electron chi connectivity index (χ1n) is 17.7. The molecule has 0 spiro atoms. The van der Waals surface area contributed by atoms with E-state index in [1.165, 1.54) is 36.4 Å². The maximum Gasteiger partial charge on any atom is 0.416 e. The van der Waals surface area contributed by atoms with Gasteiger partial charge in [0.25, 0.3) is 0 Å². The lowest BCUT2D eigenvalue weighted by Gasteiger charge is -3.22. The van der Waals surface area contributed by atoms with Crippen LogP contribution < -0.4 is 0 Å². The minimum atomic E-state index is -4.63. The zero-order valence-corrected chi connectivity index (χ0v) is 29.0. The number of nitrogens with zero attached hydrogens (tertiary/aromatic N) is 1. The lowest BCUT2D eigenvalue weighted by atomic mass is 8.78. The topological polar surface area (TPSA) is 20.3 Å². The highest BCUT2D eigenvalue weighted by Gasteiger charge is 3.26. The Labute approximate surface area is 300 Å². The average molecular weight is 740 g/mol. The van der Waals surface area contributed by atoms with E-state index >= 15 is 4.79 Å². The smallest absolute Gasteiger partial charge is 0.337 e. The first-order valence-corrected chi connectivity index (χ1v) is 17.7. The summed E-state index contributed by atoms with van der Waals surface area (Å²) in [7, 11) is 0. The van der Waals surface area contributed by atoms with Crippen LogP contribution in [-0.2, 0) is 45.0 Å². The number of rotatable bonds is 7. The molecule has 2 nitrogen and oxygen atoms in total. The van der Waals surface area contributed by atoms with Crippen LogP contribution in [0.1, 0.15) is 66.6 Å². The van der Waals surface area contributed by atoms with Crippen LogP contribution >= 0.6 is 0 Å². The molecule has 0 radical (unpaired) electrons. The number of halogens is 9. The molecule has 6 fully saturated rings. The fourth-order valence-corrected chi connectivity index (χ4v) is 13.6. The Balaban J connectivity index is 1.36. The molecular formula is C42H34F9NO. The van der Waals surface area contributed by atoms with Crippen molar-refractivity contribution in [3.8, 4) is 0 Å². The van der Waals surface area contributed by atoms with Crippen molar-refractivity contribution in [2.24, 2.45) is 23.2 Å². The molecule has 0 bridgehead atoms. The van der Waals surface area contributed by atoms with Crippen molar-refractivity contribution < 1.29 is 44.3 Å². The van der Waals surface area contributed by atoms with Crippen LogP contribution in [0, 0.1) is 23.2 Å². The Kier molecular flexibility index (Phi) is 6.42. The van der Waals surface area contributed by atoms with Gasteiger partial charge in [-0.25, -0.2) is 0 Å². The van der Waals surface area contributed by atoms with Crippen LogP contribution in [0.15, 0.2) is 103 Å². The van der Waals surface area contributed by atoms with Crippen LogP contribution in [0.25, 0.3) is 0 Å². The van der Waals surface area contributed by atoms with E-state index in [1.807, 2.05) is 58.0 Å². The minimum Gasteiger partial charge on any atom is -0.337 e. The summed E-state index contributed by atoms with van der Waals surface area (Å²) in [5.41, 5.74) is -5.26. The molecule has 53 heavy (non-hydrogen) atoms. The molecule has 4 aromatic rings. The van der Waals surface area contributed by atoms with Crippen molar-refractivity contribution in [3.05, 3.63) is 142 Å². The maximum atomic E-state index is 15.9. The van der Waals surface area contributed by atoms with Crippen LogP contribution in [-0.4, -0.2) is 22.9 Å². The van der Waals surface area contributed by atoms with Gasteiger partial charge in [0.05, 0.1) is 22.1 Å². The van der Waals surface area contributed by atoms with E-state index in [2.05, 4.69) is 0 Å². The van der Waals surface area contributed by atoms with Gasteiger partial charge >= 0.3 is 18.5 Å². The molecule has 11 heteroatoms. The Morgan fingerprint density at radius 2 is 0.792 bits per heavy atom. The van der Waals surface area contributed by atoms with E-state index in [0.717, 1.165) is 42.0 Å². The second-order valence-electron chi connectivity index (χ2n) is 16.1. The fraction of sp³-hybridized carbons (Fsp3) is 0.405. The molecule has 0 unspecified atom stereocenters. The van der Waals surface area contributed by atoms with Gasteiger partial charge in [0.2, 0.25) is 5.91 Å². The third-order valence-corrected chi connectivity index (χ3v) is 14.0. The van der Waals surface area contributed by atoms with E-state index in [1.54, 1.807) is 4.90 Å². The molecule has 4 aromatic carbocycles. The summed E-state index contributed by atoms with van der Waals surface area (Å²) >= 11 is 0. The number of benzene rings is 4. The summed E-state index contributed by atoms with van der Waals surface area (Å²) < 4.78 is 125. The molecule has 0 N–H and O–H groups in total. The number of amides is 1. The van der Waals surface area contributed by atoms with E-state index < -0.39 is 62.3 Å². The van der Waals surface area contributed by atoms with Gasteiger partial charge in [-0.1, -0.05) is 66.7 Å². The van der Waals surface area contributed by atoms with Gasteiger partial charge in [0, 0.05) is 33.7 Å². The summed E-state index contributed by atoms with van der Waals surface area (Å²) in [5.74, 6) is -1.42. The molecule has 0 heterocycles. The van der Waals surface area contributed by atoms with Gasteiger partial charge in [-0.2, -0.15) is 39.5 Å². The van der Waals surface area contributed by atoms with Crippen LogP contribution in [0.5, 0.6) is 0 Å². The molecule has 0 aromatic heterocycles. The standard InChI is InChI=1S/C42H34F9NO/c1-22(2)52(23(3)4)34(53)39-36(25-10-16-28(17-11-25)40(43,44)45)31-35(24-8-6-5-7-9-24)32(36)38(39,27-14-20-30(21-15-27)42(49,50)51)33(35)37(31,39)26-12-18-29(19-13-26)41(46,47)48/h5-23,31-33H,1-4H3. The predicted octanol–water partition coefficient (Wildman–Crippen LogP) is 10.3. The fourth-order valence-electron chi connectivity index (χ4n) is 13.6. The van der Waals surface area contributed by atoms with Crippen LogP contribution in [0.3, 0.4) is 0 Å². The first-order chi connectivity index (χ1) is 24.8. The van der Waals surface area contributed by atoms with Crippen molar-refractivity contribution in [2.45, 2.75) is 80.0 Å². The Bertz CT molecular complexity index is 1940. The first kappa shape index (κ1) is 34.5. The Morgan fingerprint density at radius 1 is 0.491 bits per heavy atom. The van der Waals surface area contributed by atoms with Gasteiger partial charge in [-0.05, 0) is 104 Å². The third kappa shape index (κ3) is 3.27. The molecule has 6 aliphatic carbocycles. The Morgan fingerprint density at radius 3 is 1.06 bits per heavy atom. The number of carbonyl (C=O) groups excluding carboxylic acids is 1. The second-order valence-corrected chi connectivity index (χ2v) is 16.1. The highest BCUT2D eigenvalue weighted by atomic mass is 19.4. The average Bonchev–Trinajstić information content (AvgIpc) is 3.09. The number of hydrogen-bond acceptors (Lipinski definition) is 1. The van der Waals surface area contributed by atoms with Crippen LogP contribution in [0.4, 0.5) is 39.5 Å². The normalized spacial score (nSPS) is 34.4. The number of carbonyl (C=O) groups is 1. The van der Waals surface area contributed by atoms with Crippen molar-refractivity contribution in [1.82, 2.24) is 4.90 Å². The molecule has 0 atom stereocenters. The van der Waals surface area contributed by atoms with Gasteiger partial charge < -0.3 is 4.90 Å². The highest BCUT2D eigenvalue weighted by molar-refractivity contribution is 6.06. The minimum absolute atomic E-state index is 0.285.